The maximum Gasteiger partial charge on any atom is 0.573 e. The number of pyridine rings is 1. The predicted molar refractivity (Wildman–Crippen MR) is 137 cm³/mol. The molecule has 2 aromatic carbocycles. The van der Waals surface area contributed by atoms with Crippen LogP contribution in [0, 0.1) is 0 Å². The molecule has 0 bridgehead atoms. The molecule has 2 heterocycles. The normalized spacial score (nSPS) is 11.8. The third-order valence-electron chi connectivity index (χ3n) is 4.63. The van der Waals surface area contributed by atoms with Crippen molar-refractivity contribution in [2.24, 2.45) is 5.10 Å². The highest BCUT2D eigenvalue weighted by molar-refractivity contribution is 6.39. The first-order valence-corrected chi connectivity index (χ1v) is 11.5. The molecule has 0 radical (unpaired) electrons. The molecular weight excluding hydrogens is 554 g/mol. The van der Waals surface area contributed by atoms with Gasteiger partial charge >= 0.3 is 6.36 Å². The topological polar surface area (TPSA) is 97.2 Å². The van der Waals surface area contributed by atoms with Gasteiger partial charge < -0.3 is 10.1 Å². The van der Waals surface area contributed by atoms with Crippen molar-refractivity contribution in [1.82, 2.24) is 19.9 Å². The summed E-state index contributed by atoms with van der Waals surface area (Å²) in [6.07, 6.45) is -3.28. The van der Waals surface area contributed by atoms with E-state index in [1.54, 1.807) is 37.3 Å². The van der Waals surface area contributed by atoms with Gasteiger partial charge in [0.05, 0.1) is 33.2 Å². The molecular formula is C23H15Cl3F3N7O. The third-order valence-corrected chi connectivity index (χ3v) is 5.49. The van der Waals surface area contributed by atoms with Gasteiger partial charge in [0.2, 0.25) is 11.9 Å². The van der Waals surface area contributed by atoms with Crippen molar-refractivity contribution in [3.8, 4) is 17.1 Å². The van der Waals surface area contributed by atoms with E-state index >= 15 is 0 Å². The number of nitrogens with one attached hydrogen (secondary N) is 2. The minimum Gasteiger partial charge on any atom is -0.406 e. The summed E-state index contributed by atoms with van der Waals surface area (Å²) in [4.78, 5) is 17.1. The van der Waals surface area contributed by atoms with Crippen molar-refractivity contribution in [2.75, 3.05) is 10.7 Å². The lowest BCUT2D eigenvalue weighted by atomic mass is 10.1. The second-order valence-corrected chi connectivity index (χ2v) is 8.48. The number of aromatic nitrogens is 4. The SMILES string of the molecule is C/C(=N\Nc1nc(Nc2ccc(Cl)nc2)nc(-c2c(Cl)cccc2Cl)n1)c1ccc(OC(F)(F)F)cc1. The fraction of sp³-hybridized carbons (Fsp3) is 0.0870. The van der Waals surface area contributed by atoms with Crippen LogP contribution in [0.3, 0.4) is 0 Å². The number of hydrogen-bond acceptors (Lipinski definition) is 8. The molecule has 2 aromatic heterocycles. The van der Waals surface area contributed by atoms with Crippen LogP contribution >= 0.6 is 34.8 Å². The first kappa shape index (κ1) is 26.4. The number of ether oxygens (including phenoxy) is 1. The molecule has 0 aliphatic carbocycles. The first-order valence-electron chi connectivity index (χ1n) is 10.3. The van der Waals surface area contributed by atoms with Crippen molar-refractivity contribution in [2.45, 2.75) is 13.3 Å². The van der Waals surface area contributed by atoms with Crippen LogP contribution < -0.4 is 15.5 Å². The molecule has 4 aromatic rings. The van der Waals surface area contributed by atoms with Gasteiger partial charge in [0.15, 0.2) is 5.82 Å². The number of rotatable bonds is 7. The molecule has 190 valence electrons. The number of hydrogen-bond donors (Lipinski definition) is 2. The molecule has 37 heavy (non-hydrogen) atoms. The Bertz CT molecular complexity index is 1410. The maximum atomic E-state index is 12.4. The second-order valence-electron chi connectivity index (χ2n) is 7.28. The Hall–Kier alpha value is -3.67. The number of halogens is 6. The minimum absolute atomic E-state index is 0.0433. The van der Waals surface area contributed by atoms with E-state index in [4.69, 9.17) is 34.8 Å². The number of anilines is 3. The Labute approximate surface area is 223 Å². The molecule has 0 spiro atoms. The zero-order valence-electron chi connectivity index (χ0n) is 18.7. The molecule has 0 atom stereocenters. The van der Waals surface area contributed by atoms with Crippen LogP contribution in [-0.2, 0) is 0 Å². The summed E-state index contributed by atoms with van der Waals surface area (Å²) >= 11 is 18.5. The standard InChI is InChI=1S/C23H15Cl3F3N7O/c1-12(13-5-8-15(9-6-13)37-23(27,28)29)35-36-22-33-20(19-16(24)3-2-4-17(19)25)32-21(34-22)31-14-7-10-18(26)30-11-14/h2-11H,1H3,(H2,31,32,33,34,36)/b35-12+. The molecule has 0 fully saturated rings. The first-order chi connectivity index (χ1) is 17.6. The minimum atomic E-state index is -4.78. The van der Waals surface area contributed by atoms with Crippen LogP contribution in [-0.4, -0.2) is 32.0 Å². The second kappa shape index (κ2) is 11.2. The van der Waals surface area contributed by atoms with Crippen LogP contribution in [0.1, 0.15) is 12.5 Å². The van der Waals surface area contributed by atoms with Gasteiger partial charge in [-0.3, -0.25) is 0 Å². The van der Waals surface area contributed by atoms with Gasteiger partial charge in [-0.15, -0.1) is 13.2 Å². The Morgan fingerprint density at radius 3 is 2.19 bits per heavy atom. The molecule has 0 aliphatic rings. The molecule has 2 N–H and O–H groups in total. The van der Waals surface area contributed by atoms with Crippen LogP contribution in [0.5, 0.6) is 5.75 Å². The molecule has 0 aliphatic heterocycles. The molecule has 0 amide bonds. The van der Waals surface area contributed by atoms with E-state index in [0.717, 1.165) is 0 Å². The van der Waals surface area contributed by atoms with Gasteiger partial charge in [-0.05, 0) is 61.0 Å². The zero-order valence-corrected chi connectivity index (χ0v) is 21.0. The highest BCUT2D eigenvalue weighted by Crippen LogP contribution is 2.33. The van der Waals surface area contributed by atoms with Gasteiger partial charge in [-0.1, -0.05) is 40.9 Å². The summed E-state index contributed by atoms with van der Waals surface area (Å²) in [6, 6.07) is 13.5. The molecule has 0 saturated heterocycles. The average Bonchev–Trinajstić information content (AvgIpc) is 2.83. The van der Waals surface area contributed by atoms with E-state index in [2.05, 4.69) is 40.5 Å². The van der Waals surface area contributed by atoms with Gasteiger partial charge in [-0.25, -0.2) is 10.4 Å². The van der Waals surface area contributed by atoms with Crippen molar-refractivity contribution >= 4 is 58.1 Å². The molecule has 0 saturated carbocycles. The van der Waals surface area contributed by atoms with Crippen LogP contribution in [0.15, 0.2) is 65.9 Å². The molecule has 8 nitrogen and oxygen atoms in total. The van der Waals surface area contributed by atoms with Crippen molar-refractivity contribution in [1.29, 1.82) is 0 Å². The Balaban J connectivity index is 1.64. The summed E-state index contributed by atoms with van der Waals surface area (Å²) in [7, 11) is 0. The monoisotopic (exact) mass is 567 g/mol. The maximum absolute atomic E-state index is 12.4. The van der Waals surface area contributed by atoms with E-state index in [-0.39, 0.29) is 23.5 Å². The summed E-state index contributed by atoms with van der Waals surface area (Å²) in [5.74, 6) is -0.00179. The fourth-order valence-electron chi connectivity index (χ4n) is 2.98. The highest BCUT2D eigenvalue weighted by atomic mass is 35.5. The fourth-order valence-corrected chi connectivity index (χ4v) is 3.66. The summed E-state index contributed by atoms with van der Waals surface area (Å²) < 4.78 is 41.1. The van der Waals surface area contributed by atoms with Gasteiger partial charge in [0.25, 0.3) is 0 Å². The smallest absolute Gasteiger partial charge is 0.406 e. The lowest BCUT2D eigenvalue weighted by Crippen LogP contribution is -2.17. The highest BCUT2D eigenvalue weighted by Gasteiger charge is 2.31. The van der Waals surface area contributed by atoms with E-state index in [1.807, 2.05) is 0 Å². The largest absolute Gasteiger partial charge is 0.573 e. The lowest BCUT2D eigenvalue weighted by molar-refractivity contribution is -0.274. The van der Waals surface area contributed by atoms with E-state index < -0.39 is 6.36 Å². The number of nitrogens with zero attached hydrogens (tertiary/aromatic N) is 5. The van der Waals surface area contributed by atoms with Crippen LogP contribution in [0.2, 0.25) is 15.2 Å². The van der Waals surface area contributed by atoms with Crippen molar-refractivity contribution in [3.63, 3.8) is 0 Å². The Kier molecular flexibility index (Phi) is 7.96. The predicted octanol–water partition coefficient (Wildman–Crippen LogP) is 7.37. The number of alkyl halides is 3. The molecule has 0 unspecified atom stereocenters. The molecule has 14 heteroatoms. The lowest BCUT2D eigenvalue weighted by Gasteiger charge is -2.11. The number of benzene rings is 2. The molecule has 4 rings (SSSR count). The van der Waals surface area contributed by atoms with E-state index in [0.29, 0.717) is 37.7 Å². The van der Waals surface area contributed by atoms with Crippen LogP contribution in [0.4, 0.5) is 30.8 Å². The third kappa shape index (κ3) is 7.19. The van der Waals surface area contributed by atoms with E-state index in [9.17, 15) is 13.2 Å². The zero-order chi connectivity index (χ0) is 26.6. The summed E-state index contributed by atoms with van der Waals surface area (Å²) in [5.41, 5.74) is 4.65. The summed E-state index contributed by atoms with van der Waals surface area (Å²) in [5, 5.41) is 8.20. The quantitative estimate of drug-likeness (QED) is 0.136. The van der Waals surface area contributed by atoms with Crippen molar-refractivity contribution in [3.05, 3.63) is 81.6 Å². The van der Waals surface area contributed by atoms with E-state index in [1.165, 1.54) is 30.5 Å². The number of hydrazone groups is 1. The average molecular weight is 569 g/mol. The van der Waals surface area contributed by atoms with Gasteiger partial charge in [0.1, 0.15) is 10.9 Å². The van der Waals surface area contributed by atoms with Gasteiger partial charge in [0, 0.05) is 0 Å². The van der Waals surface area contributed by atoms with Crippen LogP contribution in [0.25, 0.3) is 11.4 Å². The Morgan fingerprint density at radius 1 is 0.892 bits per heavy atom. The van der Waals surface area contributed by atoms with Crippen molar-refractivity contribution < 1.29 is 17.9 Å². The summed E-state index contributed by atoms with van der Waals surface area (Å²) in [6.45, 7) is 1.65. The van der Waals surface area contributed by atoms with Gasteiger partial charge in [-0.2, -0.15) is 20.1 Å². The Morgan fingerprint density at radius 2 is 1.57 bits per heavy atom.